The summed E-state index contributed by atoms with van der Waals surface area (Å²) in [6.07, 6.45) is 8.48. The first-order valence-corrected chi connectivity index (χ1v) is 15.3. The average molecular weight is 599 g/mol. The van der Waals surface area contributed by atoms with E-state index in [1.54, 1.807) is 0 Å². The zero-order chi connectivity index (χ0) is 30.7. The molecule has 0 unspecified atom stereocenters. The standard InChI is InChI=1S/C36H38N8O/c1-37-16-18-41(23-37)27-10-9-11-28(20-27)45-36-22-33(42-19-17-38(2)24-42)34(43-25-39(3)29-12-5-7-14-31(29)43)21-35(36)44-26-40(4)30-13-6-8-15-32(30)44/h5-22H,23-26H2,1-4H3. The lowest BCUT2D eigenvalue weighted by Crippen LogP contribution is -2.28. The van der Waals surface area contributed by atoms with Crippen LogP contribution in [-0.4, -0.2) is 64.7 Å². The van der Waals surface area contributed by atoms with E-state index < -0.39 is 0 Å². The Labute approximate surface area is 265 Å². The van der Waals surface area contributed by atoms with Crippen LogP contribution < -0.4 is 34.1 Å². The van der Waals surface area contributed by atoms with Crippen molar-refractivity contribution >= 4 is 45.5 Å². The molecule has 0 saturated heterocycles. The number of hydrogen-bond acceptors (Lipinski definition) is 9. The van der Waals surface area contributed by atoms with Gasteiger partial charge in [-0.05, 0) is 42.5 Å². The Balaban J connectivity index is 1.29. The predicted molar refractivity (Wildman–Crippen MR) is 185 cm³/mol. The van der Waals surface area contributed by atoms with E-state index in [0.29, 0.717) is 0 Å². The summed E-state index contributed by atoms with van der Waals surface area (Å²) in [5.74, 6) is 1.62. The van der Waals surface area contributed by atoms with E-state index in [9.17, 15) is 0 Å². The number of rotatable bonds is 6. The zero-order valence-corrected chi connectivity index (χ0v) is 26.2. The normalized spacial score (nSPS) is 16.9. The molecule has 4 aromatic carbocycles. The van der Waals surface area contributed by atoms with Crippen LogP contribution in [0.5, 0.6) is 11.5 Å². The lowest BCUT2D eigenvalue weighted by Gasteiger charge is -2.31. The van der Waals surface area contributed by atoms with Crippen LogP contribution >= 0.6 is 0 Å². The van der Waals surface area contributed by atoms with Crippen molar-refractivity contribution in [1.29, 1.82) is 0 Å². The molecule has 0 radical (unpaired) electrons. The van der Waals surface area contributed by atoms with Gasteiger partial charge in [0.25, 0.3) is 0 Å². The predicted octanol–water partition coefficient (Wildman–Crippen LogP) is 6.93. The lowest BCUT2D eigenvalue weighted by molar-refractivity contribution is 0.479. The Morgan fingerprint density at radius 1 is 0.467 bits per heavy atom. The molecular formula is C36H38N8O. The second-order valence-corrected chi connectivity index (χ2v) is 12.3. The molecule has 4 heterocycles. The van der Waals surface area contributed by atoms with Gasteiger partial charge in [0.1, 0.15) is 5.75 Å². The van der Waals surface area contributed by atoms with E-state index in [4.69, 9.17) is 4.74 Å². The van der Waals surface area contributed by atoms with Crippen molar-refractivity contribution in [3.05, 3.63) is 110 Å². The van der Waals surface area contributed by atoms with Gasteiger partial charge in [-0.25, -0.2) is 0 Å². The molecule has 0 atom stereocenters. The van der Waals surface area contributed by atoms with Crippen molar-refractivity contribution in [3.63, 3.8) is 0 Å². The average Bonchev–Trinajstić information content (AvgIpc) is 3.84. The molecule has 9 heteroatoms. The van der Waals surface area contributed by atoms with Gasteiger partial charge in [0.05, 0.1) is 66.5 Å². The fraction of sp³-hybridized carbons (Fsp3) is 0.222. The first kappa shape index (κ1) is 27.1. The first-order chi connectivity index (χ1) is 21.9. The van der Waals surface area contributed by atoms with Gasteiger partial charge in [-0.3, -0.25) is 0 Å². The van der Waals surface area contributed by atoms with E-state index in [-0.39, 0.29) is 0 Å². The van der Waals surface area contributed by atoms with Crippen LogP contribution in [0, 0.1) is 0 Å². The zero-order valence-electron chi connectivity index (χ0n) is 26.2. The first-order valence-electron chi connectivity index (χ1n) is 15.3. The quantitative estimate of drug-likeness (QED) is 0.235. The fourth-order valence-corrected chi connectivity index (χ4v) is 6.69. The Kier molecular flexibility index (Phi) is 6.41. The molecule has 0 N–H and O–H groups in total. The van der Waals surface area contributed by atoms with Crippen molar-refractivity contribution < 1.29 is 4.74 Å². The number of hydrogen-bond donors (Lipinski definition) is 0. The molecule has 0 aliphatic carbocycles. The molecule has 8 rings (SSSR count). The Morgan fingerprint density at radius 2 is 1.04 bits per heavy atom. The van der Waals surface area contributed by atoms with Crippen molar-refractivity contribution in [1.82, 2.24) is 9.80 Å². The molecule has 228 valence electrons. The van der Waals surface area contributed by atoms with Gasteiger partial charge in [0.15, 0.2) is 5.75 Å². The minimum Gasteiger partial charge on any atom is -0.455 e. The van der Waals surface area contributed by atoms with E-state index in [1.165, 1.54) is 22.7 Å². The lowest BCUT2D eigenvalue weighted by atomic mass is 10.1. The van der Waals surface area contributed by atoms with Crippen LogP contribution in [0.4, 0.5) is 45.5 Å². The van der Waals surface area contributed by atoms with Crippen molar-refractivity contribution in [2.75, 3.05) is 84.3 Å². The molecule has 45 heavy (non-hydrogen) atoms. The highest BCUT2D eigenvalue weighted by Gasteiger charge is 2.33. The minimum atomic E-state index is 0.724. The summed E-state index contributed by atoms with van der Waals surface area (Å²) in [7, 11) is 8.49. The molecule has 4 aliphatic rings. The summed E-state index contributed by atoms with van der Waals surface area (Å²) in [6.45, 7) is 3.06. The molecule has 4 aliphatic heterocycles. The van der Waals surface area contributed by atoms with Crippen molar-refractivity contribution in [2.45, 2.75) is 0 Å². The smallest absolute Gasteiger partial charge is 0.153 e. The molecule has 0 saturated carbocycles. The number of para-hydroxylation sites is 4. The van der Waals surface area contributed by atoms with Gasteiger partial charge < -0.3 is 43.9 Å². The van der Waals surface area contributed by atoms with E-state index in [0.717, 1.165) is 60.9 Å². The summed E-state index contributed by atoms with van der Waals surface area (Å²) in [5.41, 5.74) is 9.16. The summed E-state index contributed by atoms with van der Waals surface area (Å²) >= 11 is 0. The van der Waals surface area contributed by atoms with Gasteiger partial charge >= 0.3 is 0 Å². The molecule has 0 spiro atoms. The van der Waals surface area contributed by atoms with Crippen molar-refractivity contribution in [2.24, 2.45) is 0 Å². The van der Waals surface area contributed by atoms with Crippen LogP contribution in [0.1, 0.15) is 0 Å². The van der Waals surface area contributed by atoms with Crippen LogP contribution in [0.2, 0.25) is 0 Å². The van der Waals surface area contributed by atoms with Crippen LogP contribution in [0.15, 0.2) is 110 Å². The Hall–Kier alpha value is -5.44. The van der Waals surface area contributed by atoms with Crippen LogP contribution in [0.25, 0.3) is 0 Å². The van der Waals surface area contributed by atoms with E-state index in [1.807, 2.05) is 6.07 Å². The fourth-order valence-electron chi connectivity index (χ4n) is 6.69. The molecule has 0 amide bonds. The van der Waals surface area contributed by atoms with E-state index in [2.05, 4.69) is 171 Å². The van der Waals surface area contributed by atoms with Crippen LogP contribution in [0.3, 0.4) is 0 Å². The molecule has 4 aromatic rings. The molecule has 0 aromatic heterocycles. The third-order valence-corrected chi connectivity index (χ3v) is 8.95. The SMILES string of the molecule is CN1C=CN(c2cccc(Oc3cc(N4C=CN(C)C4)c(N4CN(C)c5ccccc54)cc3N3CN(C)c4ccccc43)c2)C1. The molecular weight excluding hydrogens is 560 g/mol. The topological polar surface area (TPSA) is 35.2 Å². The van der Waals surface area contributed by atoms with E-state index >= 15 is 0 Å². The maximum atomic E-state index is 6.92. The van der Waals surface area contributed by atoms with Gasteiger partial charge in [-0.2, -0.15) is 0 Å². The second-order valence-electron chi connectivity index (χ2n) is 12.3. The summed E-state index contributed by atoms with van der Waals surface area (Å²) < 4.78 is 6.92. The summed E-state index contributed by atoms with van der Waals surface area (Å²) in [5, 5.41) is 0. The van der Waals surface area contributed by atoms with Gasteiger partial charge in [-0.15, -0.1) is 0 Å². The highest BCUT2D eigenvalue weighted by molar-refractivity contribution is 5.93. The second kappa shape index (κ2) is 10.6. The highest BCUT2D eigenvalue weighted by atomic mass is 16.5. The number of benzene rings is 4. The number of fused-ring (bicyclic) bond motifs is 2. The van der Waals surface area contributed by atoms with Crippen molar-refractivity contribution in [3.8, 4) is 11.5 Å². The third-order valence-electron chi connectivity index (χ3n) is 8.95. The Bertz CT molecular complexity index is 1820. The maximum absolute atomic E-state index is 6.92. The highest BCUT2D eigenvalue weighted by Crippen LogP contribution is 2.51. The number of ether oxygens (including phenoxy) is 1. The monoisotopic (exact) mass is 598 g/mol. The number of anilines is 8. The minimum absolute atomic E-state index is 0.724. The molecule has 0 fully saturated rings. The third kappa shape index (κ3) is 4.71. The summed E-state index contributed by atoms with van der Waals surface area (Å²) in [6, 6.07) is 30.2. The largest absolute Gasteiger partial charge is 0.455 e. The summed E-state index contributed by atoms with van der Waals surface area (Å²) in [4.78, 5) is 18.3. The molecule has 0 bridgehead atoms. The maximum Gasteiger partial charge on any atom is 0.153 e. The van der Waals surface area contributed by atoms with Crippen LogP contribution in [-0.2, 0) is 0 Å². The van der Waals surface area contributed by atoms with Gasteiger partial charge in [-0.1, -0.05) is 30.3 Å². The van der Waals surface area contributed by atoms with Gasteiger partial charge in [0, 0.05) is 70.8 Å². The van der Waals surface area contributed by atoms with Gasteiger partial charge in [0.2, 0.25) is 0 Å². The number of nitrogens with zero attached hydrogens (tertiary/aromatic N) is 8. The molecule has 9 nitrogen and oxygen atoms in total. The Morgan fingerprint density at radius 3 is 1.64 bits per heavy atom.